The number of ether oxygens (including phenoxy) is 2. The molecule has 1 unspecified atom stereocenters. The van der Waals surface area contributed by atoms with Gasteiger partial charge in [-0.1, -0.05) is 0 Å². The Kier molecular flexibility index (Phi) is 5.16. The molecular formula is C21H23N5O3. The predicted octanol–water partition coefficient (Wildman–Crippen LogP) is 3.32. The number of nitrogens with one attached hydrogen (secondary N) is 1. The van der Waals surface area contributed by atoms with Crippen molar-refractivity contribution >= 4 is 17.6 Å². The van der Waals surface area contributed by atoms with E-state index in [4.69, 9.17) is 9.47 Å². The van der Waals surface area contributed by atoms with E-state index in [0.29, 0.717) is 24.7 Å². The molecule has 0 fully saturated rings. The van der Waals surface area contributed by atoms with Crippen LogP contribution in [0.5, 0.6) is 5.75 Å². The summed E-state index contributed by atoms with van der Waals surface area (Å²) in [5.41, 5.74) is 4.34. The van der Waals surface area contributed by atoms with E-state index in [1.807, 2.05) is 42.8 Å². The number of nitrogens with zero attached hydrogens (tertiary/aromatic N) is 4. The van der Waals surface area contributed by atoms with Crippen LogP contribution in [0.4, 0.5) is 11.6 Å². The van der Waals surface area contributed by atoms with Gasteiger partial charge in [-0.05, 0) is 44.4 Å². The van der Waals surface area contributed by atoms with E-state index in [1.165, 1.54) is 0 Å². The third-order valence-corrected chi connectivity index (χ3v) is 4.93. The zero-order chi connectivity index (χ0) is 20.4. The molecule has 0 bridgehead atoms. The number of hydrogen-bond acceptors (Lipinski definition) is 7. The van der Waals surface area contributed by atoms with Gasteiger partial charge in [0.1, 0.15) is 5.75 Å². The lowest BCUT2D eigenvalue weighted by atomic mass is 10.1. The van der Waals surface area contributed by atoms with Crippen molar-refractivity contribution < 1.29 is 14.3 Å². The van der Waals surface area contributed by atoms with Gasteiger partial charge in [-0.15, -0.1) is 0 Å². The lowest BCUT2D eigenvalue weighted by Gasteiger charge is -2.13. The largest absolute Gasteiger partial charge is 0.494 e. The van der Waals surface area contributed by atoms with Crippen LogP contribution in [0, 0.1) is 6.92 Å². The fourth-order valence-electron chi connectivity index (χ4n) is 3.53. The summed E-state index contributed by atoms with van der Waals surface area (Å²) >= 11 is 0. The number of aryl methyl sites for hydroxylation is 2. The van der Waals surface area contributed by atoms with Crippen molar-refractivity contribution in [3.63, 3.8) is 0 Å². The first-order valence-corrected chi connectivity index (χ1v) is 9.57. The van der Waals surface area contributed by atoms with Crippen molar-refractivity contribution in [2.45, 2.75) is 32.6 Å². The average Bonchev–Trinajstić information content (AvgIpc) is 3.34. The molecule has 1 aromatic carbocycles. The Morgan fingerprint density at radius 2 is 2.21 bits per heavy atom. The number of rotatable bonds is 6. The number of carbonyl (C=O) groups is 1. The highest BCUT2D eigenvalue weighted by molar-refractivity contribution is 5.79. The quantitative estimate of drug-likeness (QED) is 0.642. The molecule has 1 aliphatic rings. The van der Waals surface area contributed by atoms with Crippen LogP contribution in [0.3, 0.4) is 0 Å². The first kappa shape index (κ1) is 18.9. The zero-order valence-corrected chi connectivity index (χ0v) is 16.7. The van der Waals surface area contributed by atoms with Crippen molar-refractivity contribution in [2.75, 3.05) is 19.0 Å². The Bertz CT molecular complexity index is 1050. The van der Waals surface area contributed by atoms with Gasteiger partial charge in [0.15, 0.2) is 0 Å². The van der Waals surface area contributed by atoms with Crippen molar-refractivity contribution in [1.29, 1.82) is 0 Å². The topological polar surface area (TPSA) is 91.2 Å². The Morgan fingerprint density at radius 3 is 2.93 bits per heavy atom. The second-order valence-electron chi connectivity index (χ2n) is 6.88. The molecule has 2 aromatic heterocycles. The predicted molar refractivity (Wildman–Crippen MR) is 108 cm³/mol. The highest BCUT2D eigenvalue weighted by atomic mass is 16.5. The van der Waals surface area contributed by atoms with Crippen LogP contribution in [-0.2, 0) is 16.0 Å². The van der Waals surface area contributed by atoms with Crippen LogP contribution < -0.4 is 10.1 Å². The summed E-state index contributed by atoms with van der Waals surface area (Å²) in [4.78, 5) is 25.5. The maximum Gasteiger partial charge on any atom is 0.315 e. The molecule has 8 heteroatoms. The Morgan fingerprint density at radius 1 is 1.34 bits per heavy atom. The number of aromatic nitrogens is 4. The Labute approximate surface area is 168 Å². The maximum absolute atomic E-state index is 12.2. The number of esters is 1. The van der Waals surface area contributed by atoms with Crippen molar-refractivity contribution in [3.05, 3.63) is 53.9 Å². The summed E-state index contributed by atoms with van der Waals surface area (Å²) < 4.78 is 12.6. The van der Waals surface area contributed by atoms with Gasteiger partial charge in [-0.2, -0.15) is 0 Å². The van der Waals surface area contributed by atoms with E-state index in [-0.39, 0.29) is 11.9 Å². The average molecular weight is 393 g/mol. The van der Waals surface area contributed by atoms with Gasteiger partial charge in [0.2, 0.25) is 5.95 Å². The van der Waals surface area contributed by atoms with E-state index in [1.54, 1.807) is 19.6 Å². The van der Waals surface area contributed by atoms with Gasteiger partial charge < -0.3 is 19.4 Å². The molecule has 0 saturated heterocycles. The Balaban J connectivity index is 1.58. The number of fused-ring (bicyclic) bond motifs is 1. The lowest BCUT2D eigenvalue weighted by Crippen LogP contribution is -2.15. The lowest BCUT2D eigenvalue weighted by molar-refractivity contribution is -0.145. The maximum atomic E-state index is 12.2. The molecule has 0 amide bonds. The summed E-state index contributed by atoms with van der Waals surface area (Å²) in [6.07, 6.45) is 6.96. The van der Waals surface area contributed by atoms with Crippen LogP contribution in [0.2, 0.25) is 0 Å². The molecule has 0 aliphatic heterocycles. The third kappa shape index (κ3) is 3.78. The molecule has 8 nitrogen and oxygen atoms in total. The summed E-state index contributed by atoms with van der Waals surface area (Å²) in [6.45, 7) is 4.11. The zero-order valence-electron chi connectivity index (χ0n) is 16.7. The first-order valence-electron chi connectivity index (χ1n) is 9.57. The van der Waals surface area contributed by atoms with Gasteiger partial charge >= 0.3 is 5.97 Å². The number of anilines is 2. The van der Waals surface area contributed by atoms with Crippen LogP contribution in [-0.4, -0.2) is 39.2 Å². The minimum Gasteiger partial charge on any atom is -0.494 e. The monoisotopic (exact) mass is 393 g/mol. The van der Waals surface area contributed by atoms with Gasteiger partial charge in [-0.25, -0.2) is 15.0 Å². The molecule has 150 valence electrons. The molecule has 1 aliphatic carbocycles. The minimum atomic E-state index is -0.324. The molecule has 4 rings (SSSR count). The van der Waals surface area contributed by atoms with E-state index in [0.717, 1.165) is 34.7 Å². The first-order chi connectivity index (χ1) is 14.1. The number of imidazole rings is 1. The third-order valence-electron chi connectivity index (χ3n) is 4.93. The highest BCUT2D eigenvalue weighted by Crippen LogP contribution is 2.33. The van der Waals surface area contributed by atoms with E-state index < -0.39 is 0 Å². The SMILES string of the molecule is CCOC(=O)C1CCc2cnc(Nc3ccc(-n4cnc(C)c4)c(OC)c3)nc21. The molecule has 1 N–H and O–H groups in total. The summed E-state index contributed by atoms with van der Waals surface area (Å²) in [6, 6.07) is 5.74. The Hall–Kier alpha value is -3.42. The number of hydrogen-bond donors (Lipinski definition) is 1. The molecule has 1 atom stereocenters. The van der Waals surface area contributed by atoms with Gasteiger partial charge in [-0.3, -0.25) is 4.79 Å². The van der Waals surface area contributed by atoms with Crippen LogP contribution in [0.25, 0.3) is 5.69 Å². The fraction of sp³-hybridized carbons (Fsp3) is 0.333. The van der Waals surface area contributed by atoms with Crippen LogP contribution in [0.1, 0.15) is 36.2 Å². The standard InChI is InChI=1S/C21H23N5O3/c1-4-29-20(27)16-7-5-14-10-22-21(25-19(14)16)24-15-6-8-17(18(9-15)28-3)26-11-13(2)23-12-26/h6,8-12,16H,4-5,7H2,1-3H3,(H,22,24,25). The second-order valence-corrected chi connectivity index (χ2v) is 6.88. The number of carbonyl (C=O) groups excluding carboxylic acids is 1. The minimum absolute atomic E-state index is 0.224. The molecule has 29 heavy (non-hydrogen) atoms. The van der Waals surface area contributed by atoms with Crippen molar-refractivity contribution in [2.24, 2.45) is 0 Å². The van der Waals surface area contributed by atoms with Crippen LogP contribution >= 0.6 is 0 Å². The molecule has 0 spiro atoms. The van der Waals surface area contributed by atoms with Gasteiger partial charge in [0.05, 0.1) is 43.0 Å². The summed E-state index contributed by atoms with van der Waals surface area (Å²) in [5.74, 6) is 0.582. The number of benzene rings is 1. The fourth-order valence-corrected chi connectivity index (χ4v) is 3.53. The van der Waals surface area contributed by atoms with E-state index in [2.05, 4.69) is 20.3 Å². The van der Waals surface area contributed by atoms with E-state index >= 15 is 0 Å². The summed E-state index contributed by atoms with van der Waals surface area (Å²) in [5, 5.41) is 3.20. The van der Waals surface area contributed by atoms with Crippen molar-refractivity contribution in [1.82, 2.24) is 19.5 Å². The molecule has 0 radical (unpaired) electrons. The highest BCUT2D eigenvalue weighted by Gasteiger charge is 2.32. The van der Waals surface area contributed by atoms with Crippen LogP contribution in [0.15, 0.2) is 36.9 Å². The molecular weight excluding hydrogens is 370 g/mol. The van der Waals surface area contributed by atoms with Crippen molar-refractivity contribution in [3.8, 4) is 11.4 Å². The second kappa shape index (κ2) is 7.90. The van der Waals surface area contributed by atoms with Gasteiger partial charge in [0, 0.05) is 24.1 Å². The summed E-state index contributed by atoms with van der Waals surface area (Å²) in [7, 11) is 1.63. The number of methoxy groups -OCH3 is 1. The molecule has 2 heterocycles. The molecule has 3 aromatic rings. The smallest absolute Gasteiger partial charge is 0.315 e. The van der Waals surface area contributed by atoms with Gasteiger partial charge in [0.25, 0.3) is 0 Å². The normalized spacial score (nSPS) is 15.1. The molecule has 0 saturated carbocycles. The van der Waals surface area contributed by atoms with E-state index in [9.17, 15) is 4.79 Å².